The molecule has 1 aromatic heterocycles. The second-order valence-electron chi connectivity index (χ2n) is 21.8. The molecule has 2 spiro atoms. The van der Waals surface area contributed by atoms with Crippen molar-refractivity contribution in [2.24, 2.45) is 51.2 Å². The average Bonchev–Trinajstić information content (AvgIpc) is 3.88. The number of carbonyl (C=O) groups excluding carboxylic acids is 2. The van der Waals surface area contributed by atoms with Gasteiger partial charge in [-0.3, -0.25) is 4.79 Å². The van der Waals surface area contributed by atoms with Crippen molar-refractivity contribution in [3.8, 4) is 22.8 Å². The van der Waals surface area contributed by atoms with Crippen LogP contribution in [0.1, 0.15) is 121 Å². The van der Waals surface area contributed by atoms with Crippen molar-refractivity contribution < 1.29 is 51.6 Å². The Balaban J connectivity index is 1.10. The third kappa shape index (κ3) is 7.65. The second kappa shape index (κ2) is 17.0. The van der Waals surface area contributed by atoms with Crippen molar-refractivity contribution >= 4 is 23.5 Å². The number of allylic oxidation sites excluding steroid dienone is 4. The van der Waals surface area contributed by atoms with Gasteiger partial charge in [0.05, 0.1) is 49.6 Å². The highest BCUT2D eigenvalue weighted by atomic mass is 35.5. The van der Waals surface area contributed by atoms with E-state index < -0.39 is 45.8 Å². The van der Waals surface area contributed by atoms with Gasteiger partial charge in [0.1, 0.15) is 23.4 Å². The Morgan fingerprint density at radius 1 is 0.925 bits per heavy atom. The van der Waals surface area contributed by atoms with E-state index in [9.17, 15) is 28.2 Å². The Kier molecular flexibility index (Phi) is 12.1. The molecule has 9 nitrogen and oxygen atoms in total. The summed E-state index contributed by atoms with van der Waals surface area (Å²) in [5.74, 6) is 1.39. The standard InChI is InChI=1S/C54H65ClF3NO8/c1-31(2)37-12-8-32(3)24-44(37)67-48(62)59(29-33-9-11-36(64-6)26-43(33)65-7)30-52(63)21-18-46-50(52,5)20-17-45-49(4)19-16-35(60)27-51(49)22-23-53(45,46)39(28-51)47(61)42-15-14-41(66-42)38-25-34(54(56,57)58)10-13-40(38)55/h9-11,13-15,22-23,25-26,28,31-32,35,37,44-46,60,63H,8,12,16-21,24,27,29-30H2,1-7H3/t32-,35?,37+,44-,45+,46+,49+,50-,51-,52+,53+/m0/s1. The number of rotatable bonds is 11. The number of hydrogen-bond acceptors (Lipinski definition) is 8. The number of aliphatic hydroxyl groups excluding tert-OH is 1. The molecule has 1 heterocycles. The minimum Gasteiger partial charge on any atom is -0.497 e. The van der Waals surface area contributed by atoms with E-state index in [1.165, 1.54) is 18.2 Å². The molecule has 4 saturated carbocycles. The van der Waals surface area contributed by atoms with Crippen LogP contribution in [0.3, 0.4) is 0 Å². The van der Waals surface area contributed by atoms with E-state index in [0.717, 1.165) is 43.4 Å². The lowest BCUT2D eigenvalue weighted by atomic mass is 9.32. The van der Waals surface area contributed by atoms with E-state index in [1.54, 1.807) is 25.2 Å². The van der Waals surface area contributed by atoms with Gasteiger partial charge < -0.3 is 33.7 Å². The lowest BCUT2D eigenvalue weighted by molar-refractivity contribution is -0.176. The number of carbonyl (C=O) groups is 2. The Morgan fingerprint density at radius 2 is 1.66 bits per heavy atom. The van der Waals surface area contributed by atoms with Gasteiger partial charge in [-0.2, -0.15) is 13.2 Å². The van der Waals surface area contributed by atoms with Crippen molar-refractivity contribution in [2.75, 3.05) is 20.8 Å². The van der Waals surface area contributed by atoms with Crippen LogP contribution >= 0.6 is 11.6 Å². The van der Waals surface area contributed by atoms with Crippen LogP contribution in [0.4, 0.5) is 18.0 Å². The van der Waals surface area contributed by atoms with Crippen LogP contribution in [0, 0.1) is 51.2 Å². The number of nitrogens with zero attached hydrogens (tertiary/aromatic N) is 1. The van der Waals surface area contributed by atoms with Crippen LogP contribution in [-0.2, 0) is 17.5 Å². The fourth-order valence-corrected chi connectivity index (χ4v) is 14.6. The largest absolute Gasteiger partial charge is 0.497 e. The molecule has 2 N–H and O–H groups in total. The number of benzene rings is 2. The van der Waals surface area contributed by atoms with Crippen molar-refractivity contribution in [1.82, 2.24) is 4.90 Å². The Bertz CT molecular complexity index is 2480. The van der Waals surface area contributed by atoms with Crippen molar-refractivity contribution in [3.63, 3.8) is 0 Å². The summed E-state index contributed by atoms with van der Waals surface area (Å²) < 4.78 is 65.5. The summed E-state index contributed by atoms with van der Waals surface area (Å²) in [5.41, 5.74) is -3.67. The number of halogens is 4. The molecular formula is C54H65ClF3NO8. The summed E-state index contributed by atoms with van der Waals surface area (Å²) >= 11 is 6.44. The first kappa shape index (κ1) is 47.8. The molecule has 4 fully saturated rings. The van der Waals surface area contributed by atoms with E-state index >= 15 is 4.79 Å². The number of amides is 1. The number of furan rings is 1. The monoisotopic (exact) mass is 947 g/mol. The summed E-state index contributed by atoms with van der Waals surface area (Å²) in [7, 11) is 3.16. The molecule has 1 amide bonds. The number of methoxy groups -OCH3 is 2. The predicted octanol–water partition coefficient (Wildman–Crippen LogP) is 12.5. The zero-order valence-corrected chi connectivity index (χ0v) is 40.4. The average molecular weight is 949 g/mol. The van der Waals surface area contributed by atoms with Crippen LogP contribution in [-0.4, -0.2) is 65.6 Å². The molecule has 362 valence electrons. The molecular weight excluding hydrogens is 883 g/mol. The maximum atomic E-state index is 15.3. The number of ketones is 1. The quantitative estimate of drug-likeness (QED) is 0.144. The Labute approximate surface area is 397 Å². The predicted molar refractivity (Wildman–Crippen MR) is 249 cm³/mol. The first-order valence-corrected chi connectivity index (χ1v) is 24.5. The number of fused-ring (bicyclic) bond motifs is 1. The zero-order chi connectivity index (χ0) is 48.1. The fourth-order valence-electron chi connectivity index (χ4n) is 14.4. The van der Waals surface area contributed by atoms with Crippen LogP contribution in [0.2, 0.25) is 5.02 Å². The number of Topliss-reactive ketones (excluding diaryl/α,β-unsaturated/α-hetero) is 1. The van der Waals surface area contributed by atoms with Crippen LogP contribution < -0.4 is 9.47 Å². The zero-order valence-electron chi connectivity index (χ0n) is 39.7. The summed E-state index contributed by atoms with van der Waals surface area (Å²) in [6.07, 6.45) is 7.35. The van der Waals surface area contributed by atoms with E-state index in [2.05, 4.69) is 52.8 Å². The molecule has 0 saturated heterocycles. The van der Waals surface area contributed by atoms with E-state index in [-0.39, 0.29) is 70.3 Å². The topological polar surface area (TPSA) is 119 Å². The lowest BCUT2D eigenvalue weighted by Crippen LogP contribution is -2.67. The minimum atomic E-state index is -4.62. The van der Waals surface area contributed by atoms with Crippen molar-refractivity contribution in [1.29, 1.82) is 0 Å². The van der Waals surface area contributed by atoms with Gasteiger partial charge in [-0.05, 0) is 135 Å². The number of hydrogen-bond donors (Lipinski definition) is 2. The number of aliphatic hydroxyl groups is 2. The smallest absolute Gasteiger partial charge is 0.416 e. The third-order valence-corrected chi connectivity index (χ3v) is 18.5. The van der Waals surface area contributed by atoms with Crippen molar-refractivity contribution in [2.45, 2.75) is 129 Å². The van der Waals surface area contributed by atoms with Crippen LogP contribution in [0.5, 0.6) is 11.5 Å². The molecule has 0 aliphatic heterocycles. The third-order valence-electron chi connectivity index (χ3n) is 18.1. The van der Waals surface area contributed by atoms with Gasteiger partial charge in [-0.25, -0.2) is 4.79 Å². The molecule has 1 unspecified atom stereocenters. The van der Waals surface area contributed by atoms with E-state index in [0.29, 0.717) is 67.4 Å². The lowest BCUT2D eigenvalue weighted by Gasteiger charge is -2.71. The minimum absolute atomic E-state index is 0.0198. The molecule has 11 atom stereocenters. The van der Waals surface area contributed by atoms with Gasteiger partial charge in [0.2, 0.25) is 5.78 Å². The molecule has 7 aliphatic rings. The molecule has 7 aliphatic carbocycles. The highest BCUT2D eigenvalue weighted by Gasteiger charge is 2.75. The van der Waals surface area contributed by atoms with Gasteiger partial charge in [0.15, 0.2) is 5.76 Å². The van der Waals surface area contributed by atoms with E-state index in [1.807, 2.05) is 12.1 Å². The van der Waals surface area contributed by atoms with Gasteiger partial charge in [0, 0.05) is 39.0 Å². The molecule has 13 heteroatoms. The van der Waals surface area contributed by atoms with Crippen LogP contribution in [0.15, 0.2) is 76.7 Å². The molecule has 0 radical (unpaired) electrons. The first-order chi connectivity index (χ1) is 31.6. The number of alkyl halides is 3. The molecule has 2 bridgehead atoms. The fraction of sp³-hybridized carbons (Fsp3) is 0.593. The van der Waals surface area contributed by atoms with Gasteiger partial charge in [-0.15, -0.1) is 0 Å². The van der Waals surface area contributed by atoms with Gasteiger partial charge >= 0.3 is 12.3 Å². The maximum absolute atomic E-state index is 15.3. The maximum Gasteiger partial charge on any atom is 0.416 e. The normalized spacial score (nSPS) is 35.3. The van der Waals surface area contributed by atoms with Crippen molar-refractivity contribution in [3.05, 3.63) is 94.2 Å². The Hall–Kier alpha value is -4.26. The van der Waals surface area contributed by atoms with E-state index in [4.69, 9.17) is 30.2 Å². The molecule has 2 aromatic carbocycles. The highest BCUT2D eigenvalue weighted by molar-refractivity contribution is 6.33. The van der Waals surface area contributed by atoms with Gasteiger partial charge in [-0.1, -0.05) is 70.9 Å². The molecule has 67 heavy (non-hydrogen) atoms. The first-order valence-electron chi connectivity index (χ1n) is 24.1. The molecule has 3 aromatic rings. The second-order valence-corrected chi connectivity index (χ2v) is 22.2. The summed E-state index contributed by atoms with van der Waals surface area (Å²) in [4.78, 5) is 31.8. The molecule has 10 rings (SSSR count). The number of ether oxygens (including phenoxy) is 3. The highest BCUT2D eigenvalue weighted by Crippen LogP contribution is 2.78. The summed E-state index contributed by atoms with van der Waals surface area (Å²) in [6.45, 7) is 11.0. The SMILES string of the molecule is COc1ccc(CN(C[C@]2(O)CC[C@H]3[C@]45C=C[C@@]6(C=C4C(=O)c4ccc(-c7cc(C(F)(F)F)ccc7Cl)o4)CC(O)CC[C@]6(C)[C@H]5CC[C@@]32C)C(=O)O[C@H]2C[C@@H](C)CC[C@@H]2C(C)C)c(OC)c1. The Morgan fingerprint density at radius 3 is 2.37 bits per heavy atom. The van der Waals surface area contributed by atoms with Gasteiger partial charge in [0.25, 0.3) is 0 Å². The van der Waals surface area contributed by atoms with Crippen LogP contribution in [0.25, 0.3) is 11.3 Å². The summed E-state index contributed by atoms with van der Waals surface area (Å²) in [6, 6.07) is 11.5. The summed E-state index contributed by atoms with van der Waals surface area (Å²) in [5, 5.41) is 24.7.